The largest absolute Gasteiger partial charge is 0.369 e. The Bertz CT molecular complexity index is 762. The number of rotatable bonds is 6. The van der Waals surface area contributed by atoms with E-state index in [1.165, 1.54) is 68.6 Å². The third-order valence-corrected chi connectivity index (χ3v) is 6.89. The number of anilines is 2. The van der Waals surface area contributed by atoms with Gasteiger partial charge in [0, 0.05) is 50.3 Å². The van der Waals surface area contributed by atoms with E-state index in [9.17, 15) is 0 Å². The van der Waals surface area contributed by atoms with Gasteiger partial charge in [0.25, 0.3) is 0 Å². The highest BCUT2D eigenvalue weighted by Crippen LogP contribution is 2.29. The predicted octanol–water partition coefficient (Wildman–Crippen LogP) is 4.28. The lowest BCUT2D eigenvalue weighted by Crippen LogP contribution is -2.47. The van der Waals surface area contributed by atoms with Crippen molar-refractivity contribution in [3.05, 3.63) is 47.8 Å². The summed E-state index contributed by atoms with van der Waals surface area (Å²) in [6.45, 7) is 10.4. The lowest BCUT2D eigenvalue weighted by Gasteiger charge is -2.38. The summed E-state index contributed by atoms with van der Waals surface area (Å²) in [6.07, 6.45) is 10.1. The van der Waals surface area contributed by atoms with Gasteiger partial charge in [0.05, 0.1) is 0 Å². The minimum absolute atomic E-state index is 0.537. The average Bonchev–Trinajstić information content (AvgIpc) is 2.76. The zero-order valence-corrected chi connectivity index (χ0v) is 18.0. The van der Waals surface area contributed by atoms with Crippen LogP contribution in [0, 0.1) is 19.8 Å². The zero-order valence-electron chi connectivity index (χ0n) is 18.0. The molecule has 2 aromatic rings. The van der Waals surface area contributed by atoms with E-state index in [2.05, 4.69) is 57.1 Å². The van der Waals surface area contributed by atoms with Gasteiger partial charge in [-0.3, -0.25) is 4.90 Å². The van der Waals surface area contributed by atoms with E-state index in [1.54, 1.807) is 12.4 Å². The lowest BCUT2D eigenvalue weighted by molar-refractivity contribution is 0.218. The van der Waals surface area contributed by atoms with Crippen molar-refractivity contribution in [2.24, 2.45) is 5.92 Å². The Balaban J connectivity index is 1.16. The first-order valence-electron chi connectivity index (χ1n) is 11.3. The van der Waals surface area contributed by atoms with Gasteiger partial charge in [-0.1, -0.05) is 12.1 Å². The van der Waals surface area contributed by atoms with Gasteiger partial charge in [0.2, 0.25) is 5.95 Å². The molecule has 0 radical (unpaired) electrons. The molecule has 1 saturated heterocycles. The Morgan fingerprint density at radius 3 is 2.38 bits per heavy atom. The first-order chi connectivity index (χ1) is 14.2. The van der Waals surface area contributed by atoms with E-state index in [0.29, 0.717) is 6.04 Å². The molecule has 2 fully saturated rings. The monoisotopic (exact) mass is 393 g/mol. The van der Waals surface area contributed by atoms with Crippen LogP contribution in [0.2, 0.25) is 0 Å². The summed E-state index contributed by atoms with van der Waals surface area (Å²) in [5.74, 6) is 1.65. The Morgan fingerprint density at radius 1 is 0.931 bits per heavy atom. The Labute approximate surface area is 175 Å². The predicted molar refractivity (Wildman–Crippen MR) is 121 cm³/mol. The van der Waals surface area contributed by atoms with Crippen LogP contribution in [0.4, 0.5) is 11.6 Å². The van der Waals surface area contributed by atoms with Gasteiger partial charge < -0.3 is 10.2 Å². The molecular weight excluding hydrogens is 358 g/mol. The summed E-state index contributed by atoms with van der Waals surface area (Å²) in [6, 6.07) is 9.09. The number of hydrogen-bond acceptors (Lipinski definition) is 5. The van der Waals surface area contributed by atoms with Crippen LogP contribution in [0.15, 0.2) is 36.7 Å². The summed E-state index contributed by atoms with van der Waals surface area (Å²) < 4.78 is 0. The smallest absolute Gasteiger partial charge is 0.222 e. The van der Waals surface area contributed by atoms with Crippen LogP contribution >= 0.6 is 0 Å². The quantitative estimate of drug-likeness (QED) is 0.794. The van der Waals surface area contributed by atoms with Crippen LogP contribution < -0.4 is 10.2 Å². The molecule has 29 heavy (non-hydrogen) atoms. The molecule has 5 nitrogen and oxygen atoms in total. The number of hydrogen-bond donors (Lipinski definition) is 1. The van der Waals surface area contributed by atoms with Crippen LogP contribution in [0.3, 0.4) is 0 Å². The Kier molecular flexibility index (Phi) is 6.65. The first-order valence-corrected chi connectivity index (χ1v) is 11.3. The molecule has 0 bridgehead atoms. The van der Waals surface area contributed by atoms with Crippen molar-refractivity contribution in [3.8, 4) is 0 Å². The fourth-order valence-electron chi connectivity index (χ4n) is 4.81. The number of nitrogens with zero attached hydrogens (tertiary/aromatic N) is 4. The van der Waals surface area contributed by atoms with Crippen molar-refractivity contribution in [1.82, 2.24) is 14.9 Å². The number of piperazine rings is 1. The molecule has 0 amide bonds. The van der Waals surface area contributed by atoms with Crippen molar-refractivity contribution < 1.29 is 0 Å². The molecule has 156 valence electrons. The highest BCUT2D eigenvalue weighted by molar-refractivity contribution is 5.56. The number of nitrogens with one attached hydrogen (secondary N) is 1. The molecule has 1 aliphatic carbocycles. The van der Waals surface area contributed by atoms with Crippen molar-refractivity contribution in [3.63, 3.8) is 0 Å². The van der Waals surface area contributed by atoms with E-state index < -0.39 is 0 Å². The third-order valence-electron chi connectivity index (χ3n) is 6.89. The van der Waals surface area contributed by atoms with Crippen molar-refractivity contribution in [2.75, 3.05) is 42.9 Å². The Hall–Kier alpha value is -2.14. The number of aryl methyl sites for hydroxylation is 1. The molecule has 1 N–H and O–H groups in total. The topological polar surface area (TPSA) is 44.3 Å². The molecule has 0 unspecified atom stereocenters. The van der Waals surface area contributed by atoms with Crippen LogP contribution in [-0.2, 0) is 0 Å². The normalized spacial score (nSPS) is 23.2. The summed E-state index contributed by atoms with van der Waals surface area (Å²) in [5, 5.41) is 3.50. The van der Waals surface area contributed by atoms with Crippen LogP contribution in [0.1, 0.15) is 43.2 Å². The fourth-order valence-corrected chi connectivity index (χ4v) is 4.81. The fraction of sp³-hybridized carbons (Fsp3) is 0.583. The van der Waals surface area contributed by atoms with E-state index in [-0.39, 0.29) is 0 Å². The molecule has 2 heterocycles. The summed E-state index contributed by atoms with van der Waals surface area (Å²) in [4.78, 5) is 13.8. The third kappa shape index (κ3) is 5.27. The molecule has 5 heteroatoms. The van der Waals surface area contributed by atoms with Gasteiger partial charge in [-0.05, 0) is 81.7 Å². The minimum Gasteiger partial charge on any atom is -0.369 e. The number of aromatic nitrogens is 2. The van der Waals surface area contributed by atoms with Gasteiger partial charge in [0.1, 0.15) is 0 Å². The van der Waals surface area contributed by atoms with Crippen LogP contribution in [0.5, 0.6) is 0 Å². The molecule has 1 saturated carbocycles. The zero-order chi connectivity index (χ0) is 20.1. The molecule has 2 aliphatic rings. The summed E-state index contributed by atoms with van der Waals surface area (Å²) >= 11 is 0. The summed E-state index contributed by atoms with van der Waals surface area (Å²) in [5.41, 5.74) is 4.26. The molecule has 1 aliphatic heterocycles. The van der Waals surface area contributed by atoms with Gasteiger partial charge in [-0.25, -0.2) is 9.97 Å². The first kappa shape index (κ1) is 20.1. The van der Waals surface area contributed by atoms with Gasteiger partial charge in [0.15, 0.2) is 0 Å². The minimum atomic E-state index is 0.537. The van der Waals surface area contributed by atoms with Crippen molar-refractivity contribution >= 4 is 11.6 Å². The van der Waals surface area contributed by atoms with Crippen molar-refractivity contribution in [2.45, 2.75) is 52.0 Å². The van der Waals surface area contributed by atoms with Crippen LogP contribution in [-0.4, -0.2) is 53.6 Å². The SMILES string of the molecule is Cc1cccc(N2CCN(CC[C@H]3CC[C@H](Nc4ncccn4)CC3)CC2)c1C. The molecule has 4 rings (SSSR count). The van der Waals surface area contributed by atoms with Crippen LogP contribution in [0.25, 0.3) is 0 Å². The average molecular weight is 394 g/mol. The second-order valence-electron chi connectivity index (χ2n) is 8.77. The van der Waals surface area contributed by atoms with E-state index in [0.717, 1.165) is 25.0 Å². The maximum atomic E-state index is 4.29. The Morgan fingerprint density at radius 2 is 1.66 bits per heavy atom. The van der Waals surface area contributed by atoms with Gasteiger partial charge >= 0.3 is 0 Å². The molecule has 1 aromatic heterocycles. The standard InChI is InChI=1S/C24H35N5/c1-19-5-3-6-23(20(19)2)29-17-15-28(16-18-29)14-11-21-7-9-22(10-8-21)27-24-25-12-4-13-26-24/h3-6,12-13,21-22H,7-11,14-18H2,1-2H3,(H,25,26,27)/t21-,22-. The highest BCUT2D eigenvalue weighted by Gasteiger charge is 2.23. The second-order valence-corrected chi connectivity index (χ2v) is 8.77. The molecule has 0 spiro atoms. The second kappa shape index (κ2) is 9.57. The molecular formula is C24H35N5. The maximum Gasteiger partial charge on any atom is 0.222 e. The van der Waals surface area contributed by atoms with Gasteiger partial charge in [-0.2, -0.15) is 0 Å². The lowest BCUT2D eigenvalue weighted by atomic mass is 9.84. The van der Waals surface area contributed by atoms with Gasteiger partial charge in [-0.15, -0.1) is 0 Å². The molecule has 1 aromatic carbocycles. The molecule has 0 atom stereocenters. The number of benzene rings is 1. The maximum absolute atomic E-state index is 4.29. The highest BCUT2D eigenvalue weighted by atomic mass is 15.3. The van der Waals surface area contributed by atoms with E-state index in [4.69, 9.17) is 0 Å². The van der Waals surface area contributed by atoms with E-state index >= 15 is 0 Å². The van der Waals surface area contributed by atoms with Crippen molar-refractivity contribution in [1.29, 1.82) is 0 Å². The summed E-state index contributed by atoms with van der Waals surface area (Å²) in [7, 11) is 0. The van der Waals surface area contributed by atoms with E-state index in [1.807, 2.05) is 6.07 Å².